The van der Waals surface area contributed by atoms with Crippen molar-refractivity contribution in [3.8, 4) is 11.3 Å². The van der Waals surface area contributed by atoms with Crippen molar-refractivity contribution in [1.29, 1.82) is 0 Å². The average molecular weight is 379 g/mol. The Hall–Kier alpha value is -2.96. The van der Waals surface area contributed by atoms with E-state index in [-0.39, 0.29) is 17.5 Å². The van der Waals surface area contributed by atoms with E-state index in [0.717, 1.165) is 29.9 Å². The van der Waals surface area contributed by atoms with Crippen LogP contribution in [0.1, 0.15) is 25.5 Å². The Bertz CT molecular complexity index is 944. The number of carbonyl (C=O) groups excluding carboxylic acids is 1. The van der Waals surface area contributed by atoms with Crippen molar-refractivity contribution < 1.29 is 4.79 Å². The number of nitrogens with zero attached hydrogens (tertiary/aromatic N) is 4. The van der Waals surface area contributed by atoms with Crippen molar-refractivity contribution in [1.82, 2.24) is 19.9 Å². The van der Waals surface area contributed by atoms with E-state index in [9.17, 15) is 9.59 Å². The van der Waals surface area contributed by atoms with Crippen molar-refractivity contribution in [3.05, 3.63) is 53.4 Å². The van der Waals surface area contributed by atoms with Crippen molar-refractivity contribution in [3.63, 3.8) is 0 Å². The third-order valence-electron chi connectivity index (χ3n) is 5.48. The molecule has 0 radical (unpaired) electrons. The van der Waals surface area contributed by atoms with E-state index in [1.54, 1.807) is 23.5 Å². The number of likely N-dealkylation sites (tertiary alicyclic amines) is 1. The first-order chi connectivity index (χ1) is 13.6. The fourth-order valence-corrected chi connectivity index (χ4v) is 3.53. The van der Waals surface area contributed by atoms with Crippen LogP contribution in [-0.4, -0.2) is 51.4 Å². The van der Waals surface area contributed by atoms with Gasteiger partial charge in [0.05, 0.1) is 23.6 Å². The minimum Gasteiger partial charge on any atom is -0.360 e. The Labute approximate surface area is 164 Å². The summed E-state index contributed by atoms with van der Waals surface area (Å²) in [5.41, 5.74) is 3.04. The van der Waals surface area contributed by atoms with Crippen molar-refractivity contribution in [2.45, 2.75) is 32.2 Å². The molecular weight excluding hydrogens is 354 g/mol. The van der Waals surface area contributed by atoms with Crippen LogP contribution in [0.25, 0.3) is 11.3 Å². The van der Waals surface area contributed by atoms with Gasteiger partial charge in [0.15, 0.2) is 0 Å². The molecule has 1 amide bonds. The van der Waals surface area contributed by atoms with Crippen LogP contribution in [0.15, 0.2) is 42.1 Å². The minimum absolute atomic E-state index is 0.0584. The quantitative estimate of drug-likeness (QED) is 0.744. The largest absolute Gasteiger partial charge is 0.360 e. The summed E-state index contributed by atoms with van der Waals surface area (Å²) in [5, 5.41) is 0. The van der Waals surface area contributed by atoms with Crippen LogP contribution in [0.5, 0.6) is 0 Å². The Morgan fingerprint density at radius 1 is 1.39 bits per heavy atom. The second-order valence-corrected chi connectivity index (χ2v) is 7.55. The van der Waals surface area contributed by atoms with Crippen LogP contribution in [0.2, 0.25) is 0 Å². The molecule has 0 aromatic carbocycles. The number of rotatable bonds is 7. The zero-order chi connectivity index (χ0) is 19.7. The van der Waals surface area contributed by atoms with Gasteiger partial charge in [-0.25, -0.2) is 4.98 Å². The molecule has 0 atom stereocenters. The summed E-state index contributed by atoms with van der Waals surface area (Å²) in [7, 11) is 0. The van der Waals surface area contributed by atoms with Gasteiger partial charge in [-0.3, -0.25) is 14.6 Å². The molecule has 2 aliphatic rings. The molecule has 2 aromatic rings. The second-order valence-electron chi connectivity index (χ2n) is 7.55. The van der Waals surface area contributed by atoms with Gasteiger partial charge in [0.25, 0.3) is 5.56 Å². The lowest BCUT2D eigenvalue weighted by Gasteiger charge is -2.46. The number of aryl methyl sites for hydroxylation is 1. The molecule has 0 bridgehead atoms. The van der Waals surface area contributed by atoms with E-state index in [4.69, 9.17) is 0 Å². The molecule has 28 heavy (non-hydrogen) atoms. The third-order valence-corrected chi connectivity index (χ3v) is 5.48. The van der Waals surface area contributed by atoms with Gasteiger partial charge in [-0.15, -0.1) is 0 Å². The highest BCUT2D eigenvalue weighted by atomic mass is 16.2. The number of hydrogen-bond acceptors (Lipinski definition) is 5. The van der Waals surface area contributed by atoms with Crippen LogP contribution in [0.3, 0.4) is 0 Å². The molecule has 3 heterocycles. The first-order valence-electron chi connectivity index (χ1n) is 9.81. The predicted octanol–water partition coefficient (Wildman–Crippen LogP) is 2.01. The Morgan fingerprint density at radius 3 is 2.86 bits per heavy atom. The summed E-state index contributed by atoms with van der Waals surface area (Å²) in [5.74, 6) is 0.562. The molecule has 2 aromatic heterocycles. The number of nitrogens with one attached hydrogen (secondary N) is 1. The number of hydrogen-bond donors (Lipinski definition) is 1. The molecule has 1 saturated carbocycles. The summed E-state index contributed by atoms with van der Waals surface area (Å²) in [6, 6.07) is 2.05. The van der Waals surface area contributed by atoms with Gasteiger partial charge in [-0.1, -0.05) is 13.5 Å². The van der Waals surface area contributed by atoms with E-state index in [1.165, 1.54) is 18.9 Å². The Morgan fingerprint density at radius 2 is 2.18 bits per heavy atom. The number of pyridine rings is 1. The van der Waals surface area contributed by atoms with Gasteiger partial charge in [-0.05, 0) is 37.3 Å². The average Bonchev–Trinajstić information content (AvgIpc) is 3.50. The SMILES string of the molecule is C=CC(=O)N1CC(N(CC2CC2)c2cc(-c3cncc(CC)n3)c[nH]c2=O)C1. The fraction of sp³-hybridized carbons (Fsp3) is 0.429. The zero-order valence-electron chi connectivity index (χ0n) is 16.1. The number of amides is 1. The normalized spacial score (nSPS) is 16.5. The van der Waals surface area contributed by atoms with Crippen molar-refractivity contribution >= 4 is 11.6 Å². The van der Waals surface area contributed by atoms with Crippen LogP contribution in [0, 0.1) is 5.92 Å². The first kappa shape index (κ1) is 18.4. The highest BCUT2D eigenvalue weighted by molar-refractivity contribution is 5.87. The van der Waals surface area contributed by atoms with Crippen molar-refractivity contribution in [2.75, 3.05) is 24.5 Å². The zero-order valence-corrected chi connectivity index (χ0v) is 16.1. The lowest BCUT2D eigenvalue weighted by molar-refractivity contribution is -0.130. The van der Waals surface area contributed by atoms with Gasteiger partial charge < -0.3 is 14.8 Å². The topological polar surface area (TPSA) is 82.2 Å². The summed E-state index contributed by atoms with van der Waals surface area (Å²) >= 11 is 0. The number of carbonyl (C=O) groups is 1. The molecule has 7 heteroatoms. The van der Waals surface area contributed by atoms with Gasteiger partial charge in [0.2, 0.25) is 5.91 Å². The fourth-order valence-electron chi connectivity index (χ4n) is 3.53. The monoisotopic (exact) mass is 379 g/mol. The molecule has 0 unspecified atom stereocenters. The number of aromatic nitrogens is 3. The van der Waals surface area contributed by atoms with E-state index in [2.05, 4.69) is 26.4 Å². The van der Waals surface area contributed by atoms with Crippen LogP contribution < -0.4 is 10.5 Å². The molecular formula is C21H25N5O2. The maximum absolute atomic E-state index is 12.7. The smallest absolute Gasteiger partial charge is 0.271 e. The number of H-pyrrole nitrogens is 1. The maximum atomic E-state index is 12.7. The van der Waals surface area contributed by atoms with E-state index < -0.39 is 0 Å². The van der Waals surface area contributed by atoms with Crippen molar-refractivity contribution in [2.24, 2.45) is 5.92 Å². The molecule has 1 saturated heterocycles. The third kappa shape index (κ3) is 3.69. The highest BCUT2D eigenvalue weighted by Crippen LogP contribution is 2.33. The first-order valence-corrected chi connectivity index (χ1v) is 9.81. The Balaban J connectivity index is 1.63. The Kier molecular flexibility index (Phi) is 4.98. The van der Waals surface area contributed by atoms with Crippen LogP contribution in [-0.2, 0) is 11.2 Å². The molecule has 146 valence electrons. The van der Waals surface area contributed by atoms with Gasteiger partial charge in [0, 0.05) is 37.6 Å². The van der Waals surface area contributed by atoms with Crippen LogP contribution in [0.4, 0.5) is 5.69 Å². The maximum Gasteiger partial charge on any atom is 0.271 e. The minimum atomic E-state index is -0.113. The molecule has 1 N–H and O–H groups in total. The van der Waals surface area contributed by atoms with Gasteiger partial charge in [-0.2, -0.15) is 0 Å². The predicted molar refractivity (Wildman–Crippen MR) is 108 cm³/mol. The standard InChI is InChI=1S/C21H25N5O2/c1-3-16-9-22-10-18(24-16)15-7-19(21(28)23-8-15)26(11-14-5-6-14)17-12-25(13-17)20(27)4-2/h4,7-10,14,17H,2-3,5-6,11-13H2,1H3,(H,23,28). The van der Waals surface area contributed by atoms with E-state index >= 15 is 0 Å². The second kappa shape index (κ2) is 7.58. The van der Waals surface area contributed by atoms with Gasteiger partial charge in [0.1, 0.15) is 5.69 Å². The lowest BCUT2D eigenvalue weighted by Crippen LogP contribution is -2.62. The highest BCUT2D eigenvalue weighted by Gasteiger charge is 2.37. The molecule has 4 rings (SSSR count). The molecule has 1 aliphatic heterocycles. The number of aromatic amines is 1. The van der Waals surface area contributed by atoms with E-state index in [0.29, 0.717) is 24.7 Å². The molecule has 1 aliphatic carbocycles. The summed E-state index contributed by atoms with van der Waals surface area (Å²) < 4.78 is 0. The van der Waals surface area contributed by atoms with Gasteiger partial charge >= 0.3 is 0 Å². The number of anilines is 1. The van der Waals surface area contributed by atoms with E-state index in [1.807, 2.05) is 13.0 Å². The molecule has 7 nitrogen and oxygen atoms in total. The molecule has 2 fully saturated rings. The summed E-state index contributed by atoms with van der Waals surface area (Å²) in [6.45, 7) is 7.66. The molecule has 0 spiro atoms. The summed E-state index contributed by atoms with van der Waals surface area (Å²) in [6.07, 6.45) is 9.71. The lowest BCUT2D eigenvalue weighted by atomic mass is 10.0. The summed E-state index contributed by atoms with van der Waals surface area (Å²) in [4.78, 5) is 40.1. The van der Waals surface area contributed by atoms with Crippen LogP contribution >= 0.6 is 0 Å².